The Morgan fingerprint density at radius 2 is 1.94 bits per heavy atom. The molecule has 7 nitrogen and oxygen atoms in total. The Balaban J connectivity index is 1.94. The lowest BCUT2D eigenvalue weighted by Crippen LogP contribution is -2.44. The number of hydrazone groups is 1. The molecule has 1 aliphatic rings. The molecule has 0 fully saturated rings. The average Bonchev–Trinajstić information content (AvgIpc) is 3.27. The molecule has 0 unspecified atom stereocenters. The van der Waals surface area contributed by atoms with Crippen molar-refractivity contribution in [2.45, 2.75) is 26.3 Å². The molecule has 0 N–H and O–H groups in total. The van der Waals surface area contributed by atoms with E-state index in [0.717, 1.165) is 16.8 Å². The van der Waals surface area contributed by atoms with Gasteiger partial charge in [0.2, 0.25) is 5.91 Å². The van der Waals surface area contributed by atoms with Crippen LogP contribution in [-0.4, -0.2) is 61.4 Å². The Kier molecular flexibility index (Phi) is 8.47. The molecular weight excluding hydrogens is 442 g/mol. The number of amides is 2. The molecule has 2 aromatic rings. The molecule has 33 heavy (non-hydrogen) atoms. The van der Waals surface area contributed by atoms with Crippen molar-refractivity contribution in [3.8, 4) is 5.75 Å². The first kappa shape index (κ1) is 24.7. The maximum atomic E-state index is 13.5. The zero-order valence-electron chi connectivity index (χ0n) is 19.5. The zero-order chi connectivity index (χ0) is 24.0. The van der Waals surface area contributed by atoms with Crippen LogP contribution in [0.3, 0.4) is 0 Å². The Labute approximate surface area is 199 Å². The highest BCUT2D eigenvalue weighted by Crippen LogP contribution is 2.36. The summed E-state index contributed by atoms with van der Waals surface area (Å²) in [6, 6.07) is 14.7. The number of hydrogen-bond donors (Lipinski definition) is 0. The smallest absolute Gasteiger partial charge is 0.262 e. The van der Waals surface area contributed by atoms with Gasteiger partial charge in [-0.1, -0.05) is 55.8 Å². The van der Waals surface area contributed by atoms with Gasteiger partial charge in [-0.25, -0.2) is 5.01 Å². The van der Waals surface area contributed by atoms with Crippen molar-refractivity contribution in [1.29, 1.82) is 0 Å². The van der Waals surface area contributed by atoms with E-state index in [-0.39, 0.29) is 30.3 Å². The van der Waals surface area contributed by atoms with Gasteiger partial charge in [-0.3, -0.25) is 9.59 Å². The lowest BCUT2D eigenvalue weighted by atomic mass is 9.98. The van der Waals surface area contributed by atoms with E-state index in [1.165, 1.54) is 9.91 Å². The highest BCUT2D eigenvalue weighted by molar-refractivity contribution is 6.31. The van der Waals surface area contributed by atoms with Crippen LogP contribution in [0.15, 0.2) is 53.6 Å². The molecule has 0 radical (unpaired) electrons. The van der Waals surface area contributed by atoms with Gasteiger partial charge >= 0.3 is 0 Å². The molecule has 3 rings (SSSR count). The standard InChI is InChI=1S/C25H30ClN3O4/c1-17(2)25(31)28(12-13-32-3)16-24(30)29-23(20-10-5-6-11-21(20)26)15-22(27-29)18-8-7-9-19(14-18)33-4/h5-11,14,17,23H,12-13,15-16H2,1-4H3/t23-/m0/s1. The van der Waals surface area contributed by atoms with E-state index in [9.17, 15) is 9.59 Å². The lowest BCUT2D eigenvalue weighted by molar-refractivity contribution is -0.143. The van der Waals surface area contributed by atoms with Gasteiger partial charge in [-0.2, -0.15) is 5.10 Å². The van der Waals surface area contributed by atoms with Crippen molar-refractivity contribution < 1.29 is 19.1 Å². The molecule has 2 aromatic carbocycles. The Bertz CT molecular complexity index is 1020. The van der Waals surface area contributed by atoms with Crippen LogP contribution < -0.4 is 4.74 Å². The number of hydrogen-bond acceptors (Lipinski definition) is 5. The number of rotatable bonds is 9. The fraction of sp³-hybridized carbons (Fsp3) is 0.400. The summed E-state index contributed by atoms with van der Waals surface area (Å²) in [6.07, 6.45) is 0.499. The summed E-state index contributed by atoms with van der Waals surface area (Å²) in [7, 11) is 3.18. The third-order valence-corrected chi connectivity index (χ3v) is 5.87. The van der Waals surface area contributed by atoms with Crippen molar-refractivity contribution >= 4 is 29.1 Å². The second-order valence-corrected chi connectivity index (χ2v) is 8.57. The van der Waals surface area contributed by atoms with Crippen molar-refractivity contribution in [3.05, 3.63) is 64.7 Å². The third kappa shape index (κ3) is 5.92. The number of benzene rings is 2. The topological polar surface area (TPSA) is 71.4 Å². The summed E-state index contributed by atoms with van der Waals surface area (Å²) in [4.78, 5) is 27.7. The largest absolute Gasteiger partial charge is 0.497 e. The number of carbonyl (C=O) groups excluding carboxylic acids is 2. The van der Waals surface area contributed by atoms with E-state index in [2.05, 4.69) is 5.10 Å². The van der Waals surface area contributed by atoms with Gasteiger partial charge < -0.3 is 14.4 Å². The van der Waals surface area contributed by atoms with Gasteiger partial charge in [0.1, 0.15) is 12.3 Å². The second-order valence-electron chi connectivity index (χ2n) is 8.17. The molecular formula is C25H30ClN3O4. The summed E-state index contributed by atoms with van der Waals surface area (Å²) >= 11 is 6.49. The summed E-state index contributed by atoms with van der Waals surface area (Å²) in [5.41, 5.74) is 2.44. The Morgan fingerprint density at radius 1 is 1.18 bits per heavy atom. The summed E-state index contributed by atoms with van der Waals surface area (Å²) in [5.74, 6) is 0.0970. The summed E-state index contributed by atoms with van der Waals surface area (Å²) < 4.78 is 10.5. The Hall–Kier alpha value is -2.90. The predicted molar refractivity (Wildman–Crippen MR) is 128 cm³/mol. The highest BCUT2D eigenvalue weighted by Gasteiger charge is 2.35. The first-order valence-electron chi connectivity index (χ1n) is 10.9. The summed E-state index contributed by atoms with van der Waals surface area (Å²) in [5, 5.41) is 6.72. The van der Waals surface area contributed by atoms with Crippen molar-refractivity contribution in [1.82, 2.24) is 9.91 Å². The molecule has 0 aromatic heterocycles. The van der Waals surface area contributed by atoms with Gasteiger partial charge in [-0.05, 0) is 23.8 Å². The number of nitrogens with zero attached hydrogens (tertiary/aromatic N) is 3. The molecule has 0 spiro atoms. The van der Waals surface area contributed by atoms with Gasteiger partial charge in [0.05, 0.1) is 25.5 Å². The zero-order valence-corrected chi connectivity index (χ0v) is 20.2. The minimum Gasteiger partial charge on any atom is -0.497 e. The lowest BCUT2D eigenvalue weighted by Gasteiger charge is -2.28. The SMILES string of the molecule is COCCN(CC(=O)N1N=C(c2cccc(OC)c2)C[C@H]1c1ccccc1Cl)C(=O)C(C)C. The molecule has 1 aliphatic heterocycles. The number of carbonyl (C=O) groups is 2. The fourth-order valence-electron chi connectivity index (χ4n) is 3.77. The van der Waals surface area contributed by atoms with Crippen LogP contribution in [0.2, 0.25) is 5.02 Å². The van der Waals surface area contributed by atoms with E-state index in [1.54, 1.807) is 20.3 Å². The first-order valence-corrected chi connectivity index (χ1v) is 11.3. The van der Waals surface area contributed by atoms with E-state index in [1.807, 2.05) is 56.3 Å². The molecule has 0 bridgehead atoms. The molecule has 1 heterocycles. The monoisotopic (exact) mass is 471 g/mol. The van der Waals surface area contributed by atoms with E-state index in [4.69, 9.17) is 21.1 Å². The molecule has 1 atom stereocenters. The van der Waals surface area contributed by atoms with Crippen molar-refractivity contribution in [3.63, 3.8) is 0 Å². The number of ether oxygens (including phenoxy) is 2. The van der Waals surface area contributed by atoms with Gasteiger partial charge in [-0.15, -0.1) is 0 Å². The van der Waals surface area contributed by atoms with Crippen LogP contribution in [0, 0.1) is 5.92 Å². The maximum absolute atomic E-state index is 13.5. The van der Waals surface area contributed by atoms with Crippen molar-refractivity contribution in [2.75, 3.05) is 33.9 Å². The molecule has 176 valence electrons. The fourth-order valence-corrected chi connectivity index (χ4v) is 4.04. The molecule has 0 aliphatic carbocycles. The van der Waals surface area contributed by atoms with Gasteiger partial charge in [0.15, 0.2) is 0 Å². The Morgan fingerprint density at radius 3 is 2.61 bits per heavy atom. The number of halogens is 1. The highest BCUT2D eigenvalue weighted by atomic mass is 35.5. The first-order chi connectivity index (χ1) is 15.8. The molecule has 8 heteroatoms. The van der Waals surface area contributed by atoms with E-state index >= 15 is 0 Å². The third-order valence-electron chi connectivity index (χ3n) is 5.53. The van der Waals surface area contributed by atoms with E-state index < -0.39 is 0 Å². The summed E-state index contributed by atoms with van der Waals surface area (Å²) in [6.45, 7) is 4.21. The van der Waals surface area contributed by atoms with Crippen LogP contribution in [0.1, 0.15) is 37.4 Å². The minimum atomic E-state index is -0.370. The van der Waals surface area contributed by atoms with E-state index in [0.29, 0.717) is 30.3 Å². The second kappa shape index (κ2) is 11.3. The van der Waals surface area contributed by atoms with Gasteiger partial charge in [0.25, 0.3) is 5.91 Å². The maximum Gasteiger partial charge on any atom is 0.262 e. The van der Waals surface area contributed by atoms with Crippen LogP contribution >= 0.6 is 11.6 Å². The van der Waals surface area contributed by atoms with Crippen LogP contribution in [0.4, 0.5) is 0 Å². The predicted octanol–water partition coefficient (Wildman–Crippen LogP) is 4.16. The van der Waals surface area contributed by atoms with Crippen molar-refractivity contribution in [2.24, 2.45) is 11.0 Å². The van der Waals surface area contributed by atoms with Gasteiger partial charge in [0, 0.05) is 36.6 Å². The molecule has 2 amide bonds. The molecule has 0 saturated heterocycles. The minimum absolute atomic E-state index is 0.0871. The quantitative estimate of drug-likeness (QED) is 0.550. The average molecular weight is 472 g/mol. The normalized spacial score (nSPS) is 15.5. The van der Waals surface area contributed by atoms with Crippen LogP contribution in [0.5, 0.6) is 5.75 Å². The number of methoxy groups -OCH3 is 2. The van der Waals surface area contributed by atoms with Crippen LogP contribution in [0.25, 0.3) is 0 Å². The van der Waals surface area contributed by atoms with Crippen LogP contribution in [-0.2, 0) is 14.3 Å². The molecule has 0 saturated carbocycles.